The molecule has 0 saturated heterocycles. The van der Waals surface area contributed by atoms with Crippen LogP contribution in [0.15, 0.2) is 54.7 Å². The molecule has 0 atom stereocenters. The first-order valence-corrected chi connectivity index (χ1v) is 11.2. The lowest BCUT2D eigenvalue weighted by molar-refractivity contribution is -0.138. The Hall–Kier alpha value is -4.03. The first-order chi connectivity index (χ1) is 17.6. The number of nitrogens with zero attached hydrogens (tertiary/aromatic N) is 1. The maximum Gasteiger partial charge on any atom is 0.420 e. The van der Waals surface area contributed by atoms with Crippen molar-refractivity contribution in [2.24, 2.45) is 0 Å². The van der Waals surface area contributed by atoms with Crippen molar-refractivity contribution >= 4 is 34.9 Å². The van der Waals surface area contributed by atoms with Gasteiger partial charge in [0.1, 0.15) is 28.8 Å². The minimum atomic E-state index is -4.69. The summed E-state index contributed by atoms with van der Waals surface area (Å²) < 4.78 is 51.1. The summed E-state index contributed by atoms with van der Waals surface area (Å²) in [5.41, 5.74) is -0.547. The van der Waals surface area contributed by atoms with E-state index in [-0.39, 0.29) is 28.9 Å². The third-order valence-electron chi connectivity index (χ3n) is 4.79. The molecule has 3 aromatic rings. The van der Waals surface area contributed by atoms with Gasteiger partial charge in [0.05, 0.1) is 11.3 Å². The molecule has 3 amide bonds. The Morgan fingerprint density at radius 3 is 2.38 bits per heavy atom. The number of nitrogens with one attached hydrogen (secondary N) is 4. The number of hydrogen-bond acceptors (Lipinski definition) is 6. The molecule has 0 radical (unpaired) electrons. The number of anilines is 2. The van der Waals surface area contributed by atoms with Gasteiger partial charge in [-0.05, 0) is 49.5 Å². The lowest BCUT2D eigenvalue weighted by atomic mass is 10.1. The van der Waals surface area contributed by atoms with E-state index in [4.69, 9.17) is 21.1 Å². The number of carbonyl (C=O) groups excluding carboxylic acids is 2. The van der Waals surface area contributed by atoms with Crippen molar-refractivity contribution in [2.45, 2.75) is 6.18 Å². The third kappa shape index (κ3) is 7.48. The maximum atomic E-state index is 13.4. The molecular formula is C24H23ClF3N5O4. The highest BCUT2D eigenvalue weighted by molar-refractivity contribution is 6.35. The van der Waals surface area contributed by atoms with Crippen LogP contribution in [0.3, 0.4) is 0 Å². The Balaban J connectivity index is 1.67. The lowest BCUT2D eigenvalue weighted by Gasteiger charge is -2.18. The number of carbonyl (C=O) groups is 2. The van der Waals surface area contributed by atoms with Crippen molar-refractivity contribution in [3.63, 3.8) is 0 Å². The van der Waals surface area contributed by atoms with Crippen LogP contribution in [0.4, 0.5) is 29.3 Å². The standard InChI is InChI=1S/C24H23ClF3N5O4/c1-29-11-12-36-21-17(24(26,27)28)7-8-18(20(21)25)33-23(35)32-14-3-5-15(6-4-14)37-16-9-10-31-19(13-16)22(34)30-2/h3-10,13,29H,11-12H2,1-2H3,(H,30,34)(H2,32,33,35). The van der Waals surface area contributed by atoms with Crippen LogP contribution >= 0.6 is 11.6 Å². The van der Waals surface area contributed by atoms with Gasteiger partial charge in [0, 0.05) is 31.5 Å². The molecule has 9 nitrogen and oxygen atoms in total. The number of rotatable bonds is 9. The van der Waals surface area contributed by atoms with E-state index in [9.17, 15) is 22.8 Å². The lowest BCUT2D eigenvalue weighted by Crippen LogP contribution is -2.21. The fraction of sp³-hybridized carbons (Fsp3) is 0.208. The third-order valence-corrected chi connectivity index (χ3v) is 5.16. The summed E-state index contributed by atoms with van der Waals surface area (Å²) >= 11 is 6.15. The first kappa shape index (κ1) is 27.6. The van der Waals surface area contributed by atoms with Gasteiger partial charge in [-0.3, -0.25) is 9.78 Å². The molecule has 196 valence electrons. The Morgan fingerprint density at radius 1 is 1.00 bits per heavy atom. The van der Waals surface area contributed by atoms with Crippen molar-refractivity contribution in [2.75, 3.05) is 37.9 Å². The molecule has 0 saturated carbocycles. The second-order valence-electron chi connectivity index (χ2n) is 7.42. The van der Waals surface area contributed by atoms with Crippen LogP contribution in [0.25, 0.3) is 0 Å². The smallest absolute Gasteiger partial charge is 0.420 e. The zero-order valence-corrected chi connectivity index (χ0v) is 20.5. The summed E-state index contributed by atoms with van der Waals surface area (Å²) in [4.78, 5) is 28.1. The average molecular weight is 538 g/mol. The van der Waals surface area contributed by atoms with Crippen LogP contribution in [0, 0.1) is 0 Å². The Kier molecular flexibility index (Phi) is 9.15. The average Bonchev–Trinajstić information content (AvgIpc) is 2.86. The van der Waals surface area contributed by atoms with Crippen molar-refractivity contribution in [3.05, 3.63) is 71.0 Å². The molecule has 4 N–H and O–H groups in total. The molecule has 0 bridgehead atoms. The molecule has 0 spiro atoms. The molecule has 0 aliphatic carbocycles. The molecule has 13 heteroatoms. The number of alkyl halides is 3. The van der Waals surface area contributed by atoms with Crippen LogP contribution in [0.2, 0.25) is 5.02 Å². The topological polar surface area (TPSA) is 114 Å². The molecule has 0 fully saturated rings. The number of halogens is 4. The van der Waals surface area contributed by atoms with E-state index in [1.54, 1.807) is 37.4 Å². The minimum Gasteiger partial charge on any atom is -0.490 e. The van der Waals surface area contributed by atoms with Gasteiger partial charge < -0.3 is 30.7 Å². The Labute approximate surface area is 215 Å². The minimum absolute atomic E-state index is 0.0591. The van der Waals surface area contributed by atoms with Crippen LogP contribution in [-0.2, 0) is 6.18 Å². The van der Waals surface area contributed by atoms with Gasteiger partial charge in [-0.15, -0.1) is 0 Å². The normalized spacial score (nSPS) is 11.0. The van der Waals surface area contributed by atoms with Gasteiger partial charge >= 0.3 is 12.2 Å². The molecule has 1 aromatic heterocycles. The highest BCUT2D eigenvalue weighted by Crippen LogP contribution is 2.43. The van der Waals surface area contributed by atoms with Crippen molar-refractivity contribution in [1.29, 1.82) is 0 Å². The zero-order valence-electron chi connectivity index (χ0n) is 19.7. The monoisotopic (exact) mass is 537 g/mol. The number of aromatic nitrogens is 1. The second kappa shape index (κ2) is 12.3. The van der Waals surface area contributed by atoms with Gasteiger partial charge in [-0.2, -0.15) is 13.2 Å². The van der Waals surface area contributed by atoms with Gasteiger partial charge in [0.15, 0.2) is 5.75 Å². The zero-order chi connectivity index (χ0) is 27.0. The number of pyridine rings is 1. The number of ether oxygens (including phenoxy) is 2. The number of hydrogen-bond donors (Lipinski definition) is 4. The first-order valence-electron chi connectivity index (χ1n) is 10.8. The van der Waals surface area contributed by atoms with E-state index in [0.717, 1.165) is 12.1 Å². The van der Waals surface area contributed by atoms with E-state index in [2.05, 4.69) is 26.3 Å². The Morgan fingerprint density at radius 2 is 1.73 bits per heavy atom. The van der Waals surface area contributed by atoms with E-state index in [0.29, 0.717) is 23.7 Å². The molecule has 2 aromatic carbocycles. The molecule has 0 aliphatic heterocycles. The number of amides is 3. The van der Waals surface area contributed by atoms with Gasteiger partial charge in [-0.25, -0.2) is 4.79 Å². The summed E-state index contributed by atoms with van der Waals surface area (Å²) in [5, 5.41) is 9.84. The van der Waals surface area contributed by atoms with Crippen molar-refractivity contribution in [3.8, 4) is 17.2 Å². The molecule has 0 aliphatic rings. The van der Waals surface area contributed by atoms with Crippen LogP contribution < -0.4 is 30.7 Å². The predicted octanol–water partition coefficient (Wildman–Crippen LogP) is 5.15. The van der Waals surface area contributed by atoms with Crippen LogP contribution in [0.1, 0.15) is 16.1 Å². The quantitative estimate of drug-likeness (QED) is 0.281. The number of benzene rings is 2. The molecule has 1 heterocycles. The summed E-state index contributed by atoms with van der Waals surface area (Å²) in [5.74, 6) is -0.119. The predicted molar refractivity (Wildman–Crippen MR) is 133 cm³/mol. The van der Waals surface area contributed by atoms with Gasteiger partial charge in [-0.1, -0.05) is 11.6 Å². The van der Waals surface area contributed by atoms with E-state index >= 15 is 0 Å². The Bertz CT molecular complexity index is 1260. The summed E-state index contributed by atoms with van der Waals surface area (Å²) in [7, 11) is 3.11. The van der Waals surface area contributed by atoms with Gasteiger partial charge in [0.2, 0.25) is 0 Å². The van der Waals surface area contributed by atoms with Crippen LogP contribution in [-0.4, -0.2) is 44.2 Å². The number of likely N-dealkylation sites (N-methyl/N-ethyl adjacent to an activating group) is 1. The van der Waals surface area contributed by atoms with Crippen molar-refractivity contribution < 1.29 is 32.2 Å². The fourth-order valence-electron chi connectivity index (χ4n) is 3.03. The van der Waals surface area contributed by atoms with E-state index in [1.807, 2.05) is 0 Å². The summed E-state index contributed by atoms with van der Waals surface area (Å²) in [6, 6.07) is 10.4. The van der Waals surface area contributed by atoms with Crippen molar-refractivity contribution in [1.82, 2.24) is 15.6 Å². The summed E-state index contributed by atoms with van der Waals surface area (Å²) in [6.07, 6.45) is -3.26. The highest BCUT2D eigenvalue weighted by Gasteiger charge is 2.36. The van der Waals surface area contributed by atoms with E-state index < -0.39 is 23.5 Å². The molecule has 0 unspecified atom stereocenters. The second-order valence-corrected chi connectivity index (χ2v) is 7.79. The molecule has 37 heavy (non-hydrogen) atoms. The fourth-order valence-corrected chi connectivity index (χ4v) is 3.29. The largest absolute Gasteiger partial charge is 0.490 e. The SMILES string of the molecule is CNCCOc1c(C(F)(F)F)ccc(NC(=O)Nc2ccc(Oc3ccnc(C(=O)NC)c3)cc2)c1Cl. The van der Waals surface area contributed by atoms with Gasteiger partial charge in [0.25, 0.3) is 5.91 Å². The number of urea groups is 1. The molecule has 3 rings (SSSR count). The highest BCUT2D eigenvalue weighted by atomic mass is 35.5. The van der Waals surface area contributed by atoms with E-state index in [1.165, 1.54) is 19.3 Å². The summed E-state index contributed by atoms with van der Waals surface area (Å²) in [6.45, 7) is 0.234. The molecular weight excluding hydrogens is 515 g/mol. The maximum absolute atomic E-state index is 13.4. The van der Waals surface area contributed by atoms with Crippen LogP contribution in [0.5, 0.6) is 17.2 Å².